The molecule has 0 aliphatic heterocycles. The van der Waals surface area contributed by atoms with Gasteiger partial charge in [-0.1, -0.05) is 13.3 Å². The number of aromatic nitrogens is 4. The zero-order valence-electron chi connectivity index (χ0n) is 15.3. The van der Waals surface area contributed by atoms with Crippen LogP contribution in [0.3, 0.4) is 0 Å². The molecule has 144 valence electrons. The third-order valence-corrected chi connectivity index (χ3v) is 4.47. The van der Waals surface area contributed by atoms with Crippen LogP contribution in [0, 0.1) is 5.82 Å². The fourth-order valence-corrected chi connectivity index (χ4v) is 3.14. The van der Waals surface area contributed by atoms with Crippen LogP contribution in [0.4, 0.5) is 10.3 Å². The minimum atomic E-state index is -0.312. The summed E-state index contributed by atoms with van der Waals surface area (Å²) in [7, 11) is 0. The van der Waals surface area contributed by atoms with E-state index in [0.29, 0.717) is 23.2 Å². The summed E-state index contributed by atoms with van der Waals surface area (Å²) in [5, 5.41) is 12.7. The first kappa shape index (κ1) is 18.1. The second-order valence-electron chi connectivity index (χ2n) is 6.45. The summed E-state index contributed by atoms with van der Waals surface area (Å²) >= 11 is 0. The van der Waals surface area contributed by atoms with E-state index in [1.165, 1.54) is 12.1 Å². The van der Waals surface area contributed by atoms with Crippen molar-refractivity contribution in [1.82, 2.24) is 19.4 Å². The van der Waals surface area contributed by atoms with Crippen LogP contribution in [0.5, 0.6) is 0 Å². The van der Waals surface area contributed by atoms with Gasteiger partial charge in [-0.2, -0.15) is 4.98 Å². The zero-order valence-corrected chi connectivity index (χ0v) is 15.3. The number of imidazole rings is 1. The van der Waals surface area contributed by atoms with Gasteiger partial charge in [0, 0.05) is 18.0 Å². The van der Waals surface area contributed by atoms with Crippen LogP contribution in [0.15, 0.2) is 53.4 Å². The molecule has 8 heteroatoms. The van der Waals surface area contributed by atoms with Crippen molar-refractivity contribution in [3.8, 4) is 22.6 Å². The number of rotatable bonds is 7. The summed E-state index contributed by atoms with van der Waals surface area (Å²) in [5.41, 5.74) is 2.75. The Morgan fingerprint density at radius 2 is 2.04 bits per heavy atom. The molecule has 4 rings (SSSR count). The Bertz CT molecular complexity index is 1070. The SMILES string of the molecule is CCC[C@@H](CO)Nc1nccc(-c2c(-c3ccc(F)cc3)nc3occn23)n1. The van der Waals surface area contributed by atoms with Crippen LogP contribution in [-0.2, 0) is 0 Å². The van der Waals surface area contributed by atoms with Crippen molar-refractivity contribution >= 4 is 11.8 Å². The summed E-state index contributed by atoms with van der Waals surface area (Å²) in [4.78, 5) is 13.4. The molecule has 3 heterocycles. The average molecular weight is 381 g/mol. The van der Waals surface area contributed by atoms with Crippen LogP contribution in [0.2, 0.25) is 0 Å². The maximum atomic E-state index is 13.3. The number of hydrogen-bond donors (Lipinski definition) is 2. The molecule has 1 atom stereocenters. The predicted molar refractivity (Wildman–Crippen MR) is 103 cm³/mol. The minimum absolute atomic E-state index is 0.000908. The molecular formula is C20H20FN5O2. The van der Waals surface area contributed by atoms with Crippen LogP contribution in [-0.4, -0.2) is 37.1 Å². The number of aliphatic hydroxyl groups excluding tert-OH is 1. The topological polar surface area (TPSA) is 88.5 Å². The van der Waals surface area contributed by atoms with E-state index < -0.39 is 0 Å². The van der Waals surface area contributed by atoms with Gasteiger partial charge in [-0.3, -0.25) is 4.40 Å². The largest absolute Gasteiger partial charge is 0.432 e. The quantitative estimate of drug-likeness (QED) is 0.507. The average Bonchev–Trinajstić information content (AvgIpc) is 3.29. The highest BCUT2D eigenvalue weighted by Crippen LogP contribution is 2.32. The van der Waals surface area contributed by atoms with Crippen LogP contribution in [0.25, 0.3) is 28.5 Å². The van der Waals surface area contributed by atoms with Gasteiger partial charge < -0.3 is 14.8 Å². The van der Waals surface area contributed by atoms with E-state index in [4.69, 9.17) is 4.42 Å². The molecule has 0 aliphatic rings. The van der Waals surface area contributed by atoms with Gasteiger partial charge in [-0.15, -0.1) is 0 Å². The van der Waals surface area contributed by atoms with Gasteiger partial charge in [-0.05, 0) is 36.8 Å². The van der Waals surface area contributed by atoms with Gasteiger partial charge in [-0.25, -0.2) is 14.4 Å². The number of aliphatic hydroxyl groups is 1. The minimum Gasteiger partial charge on any atom is -0.432 e. The van der Waals surface area contributed by atoms with Crippen LogP contribution >= 0.6 is 0 Å². The number of hydrogen-bond acceptors (Lipinski definition) is 6. The first-order chi connectivity index (χ1) is 13.7. The Morgan fingerprint density at radius 1 is 1.21 bits per heavy atom. The molecule has 0 bridgehead atoms. The molecule has 0 unspecified atom stereocenters. The maximum Gasteiger partial charge on any atom is 0.306 e. The molecule has 0 fully saturated rings. The standard InChI is InChI=1S/C20H20FN5O2/c1-2-3-15(12-27)23-19-22-9-8-16(24-19)18-17(13-4-6-14(21)7-5-13)25-20-26(18)10-11-28-20/h4-11,15,27H,2-3,12H2,1H3,(H,22,23,24)/t15-/m0/s1. The number of benzene rings is 1. The Kier molecular flexibility index (Phi) is 5.03. The number of oxazole rings is 1. The number of anilines is 1. The lowest BCUT2D eigenvalue weighted by Gasteiger charge is -2.15. The molecule has 0 saturated carbocycles. The van der Waals surface area contributed by atoms with Gasteiger partial charge >= 0.3 is 5.84 Å². The van der Waals surface area contributed by atoms with Gasteiger partial charge in [0.1, 0.15) is 23.5 Å². The Balaban J connectivity index is 1.78. The Labute approximate surface area is 160 Å². The molecule has 0 spiro atoms. The molecule has 0 amide bonds. The number of fused-ring (bicyclic) bond motifs is 1. The van der Waals surface area contributed by atoms with Gasteiger partial charge in [0.15, 0.2) is 0 Å². The molecule has 0 saturated heterocycles. The van der Waals surface area contributed by atoms with Crippen LogP contribution < -0.4 is 5.32 Å². The second-order valence-corrected chi connectivity index (χ2v) is 6.45. The van der Waals surface area contributed by atoms with Crippen LogP contribution in [0.1, 0.15) is 19.8 Å². The smallest absolute Gasteiger partial charge is 0.306 e. The van der Waals surface area contributed by atoms with Gasteiger partial charge in [0.25, 0.3) is 0 Å². The molecule has 0 aliphatic carbocycles. The van der Waals surface area contributed by atoms with Gasteiger partial charge in [0.05, 0.1) is 18.3 Å². The Morgan fingerprint density at radius 3 is 2.79 bits per heavy atom. The monoisotopic (exact) mass is 381 g/mol. The lowest BCUT2D eigenvalue weighted by atomic mass is 10.1. The summed E-state index contributed by atoms with van der Waals surface area (Å²) in [5.74, 6) is 0.530. The fourth-order valence-electron chi connectivity index (χ4n) is 3.14. The van der Waals surface area contributed by atoms with Crippen molar-refractivity contribution in [1.29, 1.82) is 0 Å². The molecule has 7 nitrogen and oxygen atoms in total. The van der Waals surface area contributed by atoms with Crippen molar-refractivity contribution in [3.63, 3.8) is 0 Å². The molecule has 3 aromatic heterocycles. The highest BCUT2D eigenvalue weighted by atomic mass is 19.1. The highest BCUT2D eigenvalue weighted by Gasteiger charge is 2.20. The molecular weight excluding hydrogens is 361 g/mol. The van der Waals surface area contributed by atoms with E-state index in [0.717, 1.165) is 24.1 Å². The number of halogens is 1. The first-order valence-electron chi connectivity index (χ1n) is 9.12. The van der Waals surface area contributed by atoms with Crippen molar-refractivity contribution < 1.29 is 13.9 Å². The van der Waals surface area contributed by atoms with Crippen molar-refractivity contribution in [2.45, 2.75) is 25.8 Å². The molecule has 28 heavy (non-hydrogen) atoms. The molecule has 2 N–H and O–H groups in total. The van der Waals surface area contributed by atoms with Crippen molar-refractivity contribution in [2.24, 2.45) is 0 Å². The second kappa shape index (κ2) is 7.77. The highest BCUT2D eigenvalue weighted by molar-refractivity contribution is 5.79. The Hall–Kier alpha value is -3.26. The normalized spacial score (nSPS) is 12.4. The lowest BCUT2D eigenvalue weighted by molar-refractivity contribution is 0.268. The lowest BCUT2D eigenvalue weighted by Crippen LogP contribution is -2.24. The van der Waals surface area contributed by atoms with E-state index in [2.05, 4.69) is 27.2 Å². The molecule has 1 aromatic carbocycles. The summed E-state index contributed by atoms with van der Waals surface area (Å²) in [6, 6.07) is 7.79. The van der Waals surface area contributed by atoms with E-state index in [1.807, 2.05) is 0 Å². The first-order valence-corrected chi connectivity index (χ1v) is 9.12. The third-order valence-electron chi connectivity index (χ3n) is 4.47. The van der Waals surface area contributed by atoms with Gasteiger partial charge in [0.2, 0.25) is 5.95 Å². The summed E-state index contributed by atoms with van der Waals surface area (Å²) in [6.07, 6.45) is 6.70. The number of nitrogens with zero attached hydrogens (tertiary/aromatic N) is 4. The predicted octanol–water partition coefficient (Wildman–Crippen LogP) is 3.76. The van der Waals surface area contributed by atoms with E-state index in [9.17, 15) is 9.50 Å². The van der Waals surface area contributed by atoms with E-state index >= 15 is 0 Å². The van der Waals surface area contributed by atoms with E-state index in [-0.39, 0.29) is 18.5 Å². The molecule has 4 aromatic rings. The number of nitrogens with one attached hydrogen (secondary N) is 1. The van der Waals surface area contributed by atoms with E-state index in [1.54, 1.807) is 41.3 Å². The van der Waals surface area contributed by atoms with Crippen molar-refractivity contribution in [2.75, 3.05) is 11.9 Å². The zero-order chi connectivity index (χ0) is 19.5. The third kappa shape index (κ3) is 3.46. The summed E-state index contributed by atoms with van der Waals surface area (Å²) < 4.78 is 20.6. The van der Waals surface area contributed by atoms with Crippen molar-refractivity contribution in [3.05, 3.63) is 54.8 Å². The fraction of sp³-hybridized carbons (Fsp3) is 0.250. The summed E-state index contributed by atoms with van der Waals surface area (Å²) in [6.45, 7) is 2.05. The molecule has 0 radical (unpaired) electrons. The maximum absolute atomic E-state index is 13.3.